The molecule has 1 aromatic carbocycles. The van der Waals surface area contributed by atoms with Gasteiger partial charge in [0, 0.05) is 11.3 Å². The van der Waals surface area contributed by atoms with Gasteiger partial charge in [-0.15, -0.1) is 0 Å². The summed E-state index contributed by atoms with van der Waals surface area (Å²) >= 11 is 8.14. The van der Waals surface area contributed by atoms with Crippen LogP contribution in [-0.4, -0.2) is 9.97 Å². The second-order valence-electron chi connectivity index (χ2n) is 4.40. The van der Waals surface area contributed by atoms with E-state index in [9.17, 15) is 8.78 Å². The van der Waals surface area contributed by atoms with Crippen LogP contribution in [0.2, 0.25) is 0 Å². The van der Waals surface area contributed by atoms with Crippen LogP contribution in [-0.2, 0) is 0 Å². The predicted octanol–water partition coefficient (Wildman–Crippen LogP) is 4.97. The summed E-state index contributed by atoms with van der Waals surface area (Å²) in [6.07, 6.45) is 0. The lowest BCUT2D eigenvalue weighted by atomic mass is 10.1. The summed E-state index contributed by atoms with van der Waals surface area (Å²) in [6.45, 7) is 4.01. The van der Waals surface area contributed by atoms with Crippen LogP contribution >= 0.6 is 28.1 Å². The number of hydrogen-bond acceptors (Lipinski definition) is 2. The van der Waals surface area contributed by atoms with Crippen molar-refractivity contribution >= 4 is 28.1 Å². The molecule has 0 amide bonds. The van der Waals surface area contributed by atoms with E-state index in [4.69, 9.17) is 12.2 Å². The van der Waals surface area contributed by atoms with Crippen molar-refractivity contribution in [2.24, 2.45) is 0 Å². The predicted molar refractivity (Wildman–Crippen MR) is 76.6 cm³/mol. The fraction of sp³-hybridized carbons (Fsp3) is 0.231. The van der Waals surface area contributed by atoms with Crippen molar-refractivity contribution in [1.29, 1.82) is 0 Å². The highest BCUT2D eigenvalue weighted by molar-refractivity contribution is 9.10. The smallest absolute Gasteiger partial charge is 0.173 e. The van der Waals surface area contributed by atoms with Gasteiger partial charge in [-0.2, -0.15) is 0 Å². The largest absolute Gasteiger partial charge is 0.343 e. The summed E-state index contributed by atoms with van der Waals surface area (Å²) in [5, 5.41) is 0. The monoisotopic (exact) mass is 344 g/mol. The Hall–Kier alpha value is -1.14. The van der Waals surface area contributed by atoms with E-state index in [0.29, 0.717) is 16.0 Å². The van der Waals surface area contributed by atoms with Crippen LogP contribution in [0.3, 0.4) is 0 Å². The van der Waals surface area contributed by atoms with Gasteiger partial charge < -0.3 is 4.98 Å². The third kappa shape index (κ3) is 2.90. The van der Waals surface area contributed by atoms with Crippen LogP contribution < -0.4 is 0 Å². The lowest BCUT2D eigenvalue weighted by molar-refractivity contribution is 0.504. The maximum Gasteiger partial charge on any atom is 0.173 e. The van der Waals surface area contributed by atoms with Crippen molar-refractivity contribution in [2.75, 3.05) is 0 Å². The molecule has 1 N–H and O–H groups in total. The molecule has 0 atom stereocenters. The van der Waals surface area contributed by atoms with Crippen LogP contribution in [0.5, 0.6) is 0 Å². The molecule has 2 rings (SSSR count). The standard InChI is InChI=1S/C13H11BrF2N2S/c1-6(2)9-5-10(19)18-13(17-9)7-3-4-8(15)12(16)11(7)14/h3-6H,1-2H3,(H,17,18,19). The summed E-state index contributed by atoms with van der Waals surface area (Å²) in [4.78, 5) is 7.25. The minimum Gasteiger partial charge on any atom is -0.343 e. The van der Waals surface area contributed by atoms with E-state index >= 15 is 0 Å². The molecule has 0 fully saturated rings. The molecule has 0 spiro atoms. The number of aromatic amines is 1. The van der Waals surface area contributed by atoms with E-state index in [2.05, 4.69) is 25.9 Å². The first kappa shape index (κ1) is 14.3. The summed E-state index contributed by atoms with van der Waals surface area (Å²) < 4.78 is 27.1. The molecule has 1 aromatic heterocycles. The number of benzene rings is 1. The molecule has 6 heteroatoms. The van der Waals surface area contributed by atoms with Crippen molar-refractivity contribution in [3.05, 3.63) is 44.6 Å². The number of aromatic nitrogens is 2. The average Bonchev–Trinajstić information content (AvgIpc) is 2.35. The third-order valence-corrected chi connectivity index (χ3v) is 3.66. The van der Waals surface area contributed by atoms with Crippen molar-refractivity contribution in [1.82, 2.24) is 9.97 Å². The Morgan fingerprint density at radius 3 is 2.63 bits per heavy atom. The quantitative estimate of drug-likeness (QED) is 0.615. The Labute approximate surface area is 123 Å². The maximum atomic E-state index is 13.5. The molecule has 2 aromatic rings. The van der Waals surface area contributed by atoms with Gasteiger partial charge in [-0.1, -0.05) is 26.1 Å². The van der Waals surface area contributed by atoms with Crippen LogP contribution in [0, 0.1) is 16.3 Å². The van der Waals surface area contributed by atoms with E-state index in [0.717, 1.165) is 11.8 Å². The minimum atomic E-state index is -0.937. The number of rotatable bonds is 2. The SMILES string of the molecule is CC(C)c1cc(=S)nc(-c2ccc(F)c(F)c2Br)[nH]1. The second-order valence-corrected chi connectivity index (χ2v) is 5.61. The first-order valence-electron chi connectivity index (χ1n) is 5.65. The summed E-state index contributed by atoms with van der Waals surface area (Å²) in [7, 11) is 0. The van der Waals surface area contributed by atoms with Crippen LogP contribution in [0.4, 0.5) is 8.78 Å². The van der Waals surface area contributed by atoms with Gasteiger partial charge in [0.25, 0.3) is 0 Å². The molecular formula is C13H11BrF2N2S. The molecule has 0 bridgehead atoms. The highest BCUT2D eigenvalue weighted by atomic mass is 79.9. The number of halogens is 3. The number of nitrogens with zero attached hydrogens (tertiary/aromatic N) is 1. The second kappa shape index (κ2) is 5.46. The highest BCUT2D eigenvalue weighted by Crippen LogP contribution is 2.30. The first-order valence-corrected chi connectivity index (χ1v) is 6.85. The topological polar surface area (TPSA) is 28.7 Å². The van der Waals surface area contributed by atoms with Crippen LogP contribution in [0.25, 0.3) is 11.4 Å². The zero-order valence-electron chi connectivity index (χ0n) is 10.3. The lowest BCUT2D eigenvalue weighted by Crippen LogP contribution is -1.99. The average molecular weight is 345 g/mol. The fourth-order valence-electron chi connectivity index (χ4n) is 1.62. The van der Waals surface area contributed by atoms with E-state index in [1.165, 1.54) is 6.07 Å². The Bertz CT molecular complexity index is 683. The van der Waals surface area contributed by atoms with E-state index < -0.39 is 11.6 Å². The van der Waals surface area contributed by atoms with Gasteiger partial charge in [-0.05, 0) is 40.0 Å². The van der Waals surface area contributed by atoms with Crippen molar-refractivity contribution in [2.45, 2.75) is 19.8 Å². The molecule has 0 unspecified atom stereocenters. The van der Waals surface area contributed by atoms with Crippen molar-refractivity contribution in [3.63, 3.8) is 0 Å². The molecule has 0 aliphatic rings. The minimum absolute atomic E-state index is 0.0338. The highest BCUT2D eigenvalue weighted by Gasteiger charge is 2.14. The fourth-order valence-corrected chi connectivity index (χ4v) is 2.35. The van der Waals surface area contributed by atoms with Crippen LogP contribution in [0.15, 0.2) is 22.7 Å². The normalized spacial score (nSPS) is 11.1. The summed E-state index contributed by atoms with van der Waals surface area (Å²) in [6, 6.07) is 4.29. The Morgan fingerprint density at radius 1 is 1.32 bits per heavy atom. The van der Waals surface area contributed by atoms with E-state index in [1.54, 1.807) is 6.07 Å². The number of nitrogens with one attached hydrogen (secondary N) is 1. The first-order chi connectivity index (χ1) is 8.90. The van der Waals surface area contributed by atoms with Gasteiger partial charge >= 0.3 is 0 Å². The van der Waals surface area contributed by atoms with Gasteiger partial charge in [0.1, 0.15) is 10.5 Å². The van der Waals surface area contributed by atoms with Gasteiger partial charge in [0.2, 0.25) is 0 Å². The van der Waals surface area contributed by atoms with Crippen molar-refractivity contribution in [3.8, 4) is 11.4 Å². The summed E-state index contributed by atoms with van der Waals surface area (Å²) in [5.41, 5.74) is 1.33. The lowest BCUT2D eigenvalue weighted by Gasteiger charge is -2.10. The molecular weight excluding hydrogens is 334 g/mol. The molecule has 0 aliphatic carbocycles. The molecule has 0 aliphatic heterocycles. The summed E-state index contributed by atoms with van der Waals surface area (Å²) in [5.74, 6) is -1.20. The maximum absolute atomic E-state index is 13.5. The van der Waals surface area contributed by atoms with E-state index in [1.807, 2.05) is 13.8 Å². The van der Waals surface area contributed by atoms with Gasteiger partial charge in [0.05, 0.1) is 4.47 Å². The van der Waals surface area contributed by atoms with E-state index in [-0.39, 0.29) is 10.4 Å². The zero-order chi connectivity index (χ0) is 14.2. The van der Waals surface area contributed by atoms with Gasteiger partial charge in [-0.25, -0.2) is 13.8 Å². The molecule has 19 heavy (non-hydrogen) atoms. The molecule has 100 valence electrons. The Kier molecular flexibility index (Phi) is 4.10. The zero-order valence-corrected chi connectivity index (χ0v) is 12.7. The van der Waals surface area contributed by atoms with Gasteiger partial charge in [-0.3, -0.25) is 0 Å². The Balaban J connectivity index is 2.66. The number of hydrogen-bond donors (Lipinski definition) is 1. The molecule has 0 radical (unpaired) electrons. The molecule has 1 heterocycles. The van der Waals surface area contributed by atoms with Crippen LogP contribution in [0.1, 0.15) is 25.5 Å². The number of H-pyrrole nitrogens is 1. The third-order valence-electron chi connectivity index (χ3n) is 2.68. The Morgan fingerprint density at radius 2 is 2.00 bits per heavy atom. The molecule has 0 saturated heterocycles. The molecule has 0 saturated carbocycles. The van der Waals surface area contributed by atoms with Crippen molar-refractivity contribution < 1.29 is 8.78 Å². The van der Waals surface area contributed by atoms with Gasteiger partial charge in [0.15, 0.2) is 11.6 Å². The molecule has 2 nitrogen and oxygen atoms in total.